The molecular weight excluding hydrogens is 373 g/mol. The number of rotatable bonds is 8. The van der Waals surface area contributed by atoms with Crippen LogP contribution in [0.4, 0.5) is 4.39 Å². The Morgan fingerprint density at radius 1 is 1.00 bits per heavy atom. The SMILES string of the molecule is COc1cc(CNCc2cccs2)ccc1OCc1ccccc1F.Cl. The van der Waals surface area contributed by atoms with Crippen molar-refractivity contribution in [3.63, 3.8) is 0 Å². The Labute approximate surface area is 163 Å². The smallest absolute Gasteiger partial charge is 0.161 e. The fraction of sp³-hybridized carbons (Fsp3) is 0.200. The van der Waals surface area contributed by atoms with Gasteiger partial charge in [-0.3, -0.25) is 0 Å². The number of hydrogen-bond acceptors (Lipinski definition) is 4. The predicted octanol–water partition coefficient (Wildman–Crippen LogP) is 5.19. The maximum atomic E-state index is 13.7. The quantitative estimate of drug-likeness (QED) is 0.571. The van der Waals surface area contributed by atoms with Crippen molar-refractivity contribution in [2.24, 2.45) is 0 Å². The average Bonchev–Trinajstić information content (AvgIpc) is 3.15. The Morgan fingerprint density at radius 3 is 2.58 bits per heavy atom. The van der Waals surface area contributed by atoms with Crippen molar-refractivity contribution in [1.82, 2.24) is 5.32 Å². The van der Waals surface area contributed by atoms with Gasteiger partial charge >= 0.3 is 0 Å². The highest BCUT2D eigenvalue weighted by molar-refractivity contribution is 7.09. The van der Waals surface area contributed by atoms with Crippen molar-refractivity contribution in [3.8, 4) is 11.5 Å². The van der Waals surface area contributed by atoms with Gasteiger partial charge in [-0.25, -0.2) is 4.39 Å². The van der Waals surface area contributed by atoms with E-state index >= 15 is 0 Å². The van der Waals surface area contributed by atoms with Gasteiger partial charge in [0.05, 0.1) is 7.11 Å². The lowest BCUT2D eigenvalue weighted by atomic mass is 10.2. The first-order chi connectivity index (χ1) is 12.3. The number of ether oxygens (including phenoxy) is 2. The molecule has 0 saturated heterocycles. The predicted molar refractivity (Wildman–Crippen MR) is 106 cm³/mol. The zero-order valence-corrected chi connectivity index (χ0v) is 16.0. The molecule has 6 heteroatoms. The molecule has 0 aliphatic carbocycles. The van der Waals surface area contributed by atoms with Gasteiger partial charge in [0.2, 0.25) is 0 Å². The van der Waals surface area contributed by atoms with Crippen LogP contribution in [0.15, 0.2) is 60.0 Å². The molecule has 0 atom stereocenters. The maximum Gasteiger partial charge on any atom is 0.161 e. The van der Waals surface area contributed by atoms with Crippen LogP contribution in [0, 0.1) is 5.82 Å². The number of halogens is 2. The van der Waals surface area contributed by atoms with Crippen LogP contribution in [0.2, 0.25) is 0 Å². The second-order valence-corrected chi connectivity index (χ2v) is 6.58. The van der Waals surface area contributed by atoms with E-state index in [1.165, 1.54) is 10.9 Å². The summed E-state index contributed by atoms with van der Waals surface area (Å²) in [6, 6.07) is 16.5. The molecule has 26 heavy (non-hydrogen) atoms. The maximum absolute atomic E-state index is 13.7. The highest BCUT2D eigenvalue weighted by Crippen LogP contribution is 2.29. The zero-order valence-electron chi connectivity index (χ0n) is 14.4. The van der Waals surface area contributed by atoms with Crippen LogP contribution in [0.5, 0.6) is 11.5 Å². The molecule has 138 valence electrons. The summed E-state index contributed by atoms with van der Waals surface area (Å²) in [6.45, 7) is 1.74. The summed E-state index contributed by atoms with van der Waals surface area (Å²) >= 11 is 1.74. The third-order valence-corrected chi connectivity index (χ3v) is 4.65. The minimum absolute atomic E-state index is 0. The highest BCUT2D eigenvalue weighted by Gasteiger charge is 2.08. The van der Waals surface area contributed by atoms with E-state index in [2.05, 4.69) is 16.8 Å². The van der Waals surface area contributed by atoms with Crippen LogP contribution in [-0.4, -0.2) is 7.11 Å². The summed E-state index contributed by atoms with van der Waals surface area (Å²) in [7, 11) is 1.61. The molecule has 1 aromatic heterocycles. The number of benzene rings is 2. The Hall–Kier alpha value is -2.08. The first-order valence-corrected chi connectivity index (χ1v) is 8.90. The number of hydrogen-bond donors (Lipinski definition) is 1. The molecule has 0 amide bonds. The van der Waals surface area contributed by atoms with E-state index in [9.17, 15) is 4.39 Å². The summed E-state index contributed by atoms with van der Waals surface area (Å²) in [4.78, 5) is 1.30. The number of nitrogens with one attached hydrogen (secondary N) is 1. The zero-order chi connectivity index (χ0) is 17.5. The van der Waals surface area contributed by atoms with Gasteiger partial charge in [-0.2, -0.15) is 0 Å². The molecule has 0 radical (unpaired) electrons. The second kappa shape index (κ2) is 10.2. The fourth-order valence-corrected chi connectivity index (χ4v) is 3.13. The monoisotopic (exact) mass is 393 g/mol. The van der Waals surface area contributed by atoms with Crippen molar-refractivity contribution in [3.05, 3.63) is 81.8 Å². The van der Waals surface area contributed by atoms with Gasteiger partial charge in [-0.15, -0.1) is 23.7 Å². The molecule has 0 fully saturated rings. The van der Waals surface area contributed by atoms with E-state index in [0.717, 1.165) is 18.7 Å². The van der Waals surface area contributed by atoms with Crippen LogP contribution in [0.1, 0.15) is 16.0 Å². The van der Waals surface area contributed by atoms with E-state index in [-0.39, 0.29) is 24.8 Å². The molecule has 3 aromatic rings. The summed E-state index contributed by atoms with van der Waals surface area (Å²) in [5, 5.41) is 5.48. The Morgan fingerprint density at radius 2 is 1.85 bits per heavy atom. The van der Waals surface area contributed by atoms with Gasteiger partial charge in [0, 0.05) is 23.5 Å². The van der Waals surface area contributed by atoms with Gasteiger partial charge in [0.15, 0.2) is 11.5 Å². The van der Waals surface area contributed by atoms with E-state index in [1.807, 2.05) is 24.3 Å². The molecule has 0 saturated carbocycles. The van der Waals surface area contributed by atoms with Crippen LogP contribution >= 0.6 is 23.7 Å². The molecule has 3 nitrogen and oxygen atoms in total. The molecule has 3 rings (SSSR count). The van der Waals surface area contributed by atoms with Crippen LogP contribution in [-0.2, 0) is 19.7 Å². The molecule has 0 bridgehead atoms. The summed E-state index contributed by atoms with van der Waals surface area (Å²) in [5.74, 6) is 0.982. The molecule has 2 aromatic carbocycles. The summed E-state index contributed by atoms with van der Waals surface area (Å²) in [5.41, 5.74) is 1.62. The van der Waals surface area contributed by atoms with Crippen molar-refractivity contribution in [2.45, 2.75) is 19.7 Å². The van der Waals surface area contributed by atoms with Crippen molar-refractivity contribution < 1.29 is 13.9 Å². The first kappa shape index (κ1) is 20.2. The lowest BCUT2D eigenvalue weighted by molar-refractivity contribution is 0.279. The minimum Gasteiger partial charge on any atom is -0.493 e. The van der Waals surface area contributed by atoms with E-state index in [1.54, 1.807) is 36.6 Å². The Kier molecular flexibility index (Phi) is 7.91. The normalized spacial score (nSPS) is 10.2. The largest absolute Gasteiger partial charge is 0.493 e. The second-order valence-electron chi connectivity index (χ2n) is 5.55. The standard InChI is InChI=1S/C20H20FNO2S.ClH/c1-23-20-11-15(12-22-13-17-6-4-10-25-17)8-9-19(20)24-14-16-5-2-3-7-18(16)21;/h2-11,22H,12-14H2,1H3;1H. The van der Waals surface area contributed by atoms with Gasteiger partial charge in [-0.05, 0) is 35.2 Å². The molecule has 1 N–H and O–H groups in total. The van der Waals surface area contributed by atoms with E-state index < -0.39 is 0 Å². The number of thiophene rings is 1. The third-order valence-electron chi connectivity index (χ3n) is 3.78. The lowest BCUT2D eigenvalue weighted by Crippen LogP contribution is -2.11. The average molecular weight is 394 g/mol. The third kappa shape index (κ3) is 5.46. The summed E-state index contributed by atoms with van der Waals surface area (Å²) in [6.07, 6.45) is 0. The fourth-order valence-electron chi connectivity index (χ4n) is 2.46. The molecule has 0 unspecified atom stereocenters. The van der Waals surface area contributed by atoms with Crippen molar-refractivity contribution in [1.29, 1.82) is 0 Å². The number of methoxy groups -OCH3 is 1. The van der Waals surface area contributed by atoms with Crippen LogP contribution in [0.25, 0.3) is 0 Å². The van der Waals surface area contributed by atoms with Gasteiger partial charge in [0.1, 0.15) is 12.4 Å². The van der Waals surface area contributed by atoms with Gasteiger partial charge in [0.25, 0.3) is 0 Å². The van der Waals surface area contributed by atoms with E-state index in [4.69, 9.17) is 9.47 Å². The Bertz CT molecular complexity index is 811. The van der Waals surface area contributed by atoms with Gasteiger partial charge < -0.3 is 14.8 Å². The molecule has 0 aliphatic heterocycles. The first-order valence-electron chi connectivity index (χ1n) is 8.02. The summed E-state index contributed by atoms with van der Waals surface area (Å²) < 4.78 is 24.8. The Balaban J connectivity index is 0.00000243. The molecule has 1 heterocycles. The molecule has 0 aliphatic rings. The molecule has 0 spiro atoms. The topological polar surface area (TPSA) is 30.5 Å². The van der Waals surface area contributed by atoms with Crippen molar-refractivity contribution >= 4 is 23.7 Å². The van der Waals surface area contributed by atoms with E-state index in [0.29, 0.717) is 17.1 Å². The minimum atomic E-state index is -0.268. The van der Waals surface area contributed by atoms with Crippen LogP contribution < -0.4 is 14.8 Å². The lowest BCUT2D eigenvalue weighted by Gasteiger charge is -2.13. The van der Waals surface area contributed by atoms with Crippen LogP contribution in [0.3, 0.4) is 0 Å². The van der Waals surface area contributed by atoms with Gasteiger partial charge in [-0.1, -0.05) is 30.3 Å². The highest BCUT2D eigenvalue weighted by atomic mass is 35.5. The van der Waals surface area contributed by atoms with Crippen molar-refractivity contribution in [2.75, 3.05) is 7.11 Å². The molecular formula is C20H21ClFNO2S.